The normalized spacial score (nSPS) is 10.6. The van der Waals surface area contributed by atoms with E-state index in [9.17, 15) is 4.79 Å². The predicted molar refractivity (Wildman–Crippen MR) is 109 cm³/mol. The van der Waals surface area contributed by atoms with Crippen LogP contribution in [0.3, 0.4) is 0 Å². The number of benzene rings is 1. The Morgan fingerprint density at radius 2 is 1.93 bits per heavy atom. The number of nitrogens with one attached hydrogen (secondary N) is 1. The summed E-state index contributed by atoms with van der Waals surface area (Å²) in [5.41, 5.74) is 1.21. The zero-order valence-corrected chi connectivity index (χ0v) is 16.0. The van der Waals surface area contributed by atoms with Gasteiger partial charge in [-0.15, -0.1) is 22.7 Å². The molecular weight excluding hydrogens is 378 g/mol. The second-order valence-corrected chi connectivity index (χ2v) is 7.58. The lowest BCUT2D eigenvalue weighted by molar-refractivity contribution is 0.102. The summed E-state index contributed by atoms with van der Waals surface area (Å²) in [6.07, 6.45) is 1.63. The Labute approximate surface area is 164 Å². The van der Waals surface area contributed by atoms with Gasteiger partial charge in [0, 0.05) is 6.20 Å². The second kappa shape index (κ2) is 7.69. The molecule has 0 aliphatic carbocycles. The van der Waals surface area contributed by atoms with Gasteiger partial charge in [-0.05, 0) is 42.6 Å². The average Bonchev–Trinajstić information content (AvgIpc) is 3.34. The molecule has 0 bridgehead atoms. The zero-order chi connectivity index (χ0) is 18.6. The lowest BCUT2D eigenvalue weighted by atomic mass is 10.3. The minimum Gasteiger partial charge on any atom is -0.437 e. The molecule has 134 valence electrons. The molecule has 27 heavy (non-hydrogen) atoms. The van der Waals surface area contributed by atoms with E-state index in [0.29, 0.717) is 27.9 Å². The fourth-order valence-electron chi connectivity index (χ4n) is 2.46. The van der Waals surface area contributed by atoms with E-state index in [2.05, 4.69) is 15.3 Å². The van der Waals surface area contributed by atoms with E-state index in [1.807, 2.05) is 54.8 Å². The molecule has 1 aromatic carbocycles. The van der Waals surface area contributed by atoms with Crippen molar-refractivity contribution in [1.82, 2.24) is 9.97 Å². The Hall–Kier alpha value is -3.03. The first kappa shape index (κ1) is 17.4. The lowest BCUT2D eigenvalue weighted by Gasteiger charge is -2.10. The number of thiazole rings is 1. The summed E-state index contributed by atoms with van der Waals surface area (Å²) < 4.78 is 5.80. The molecule has 4 aromatic rings. The van der Waals surface area contributed by atoms with E-state index in [0.717, 1.165) is 9.88 Å². The maximum atomic E-state index is 12.8. The Kier molecular flexibility index (Phi) is 4.95. The molecular formula is C20H15N3O2S2. The largest absolute Gasteiger partial charge is 0.437 e. The van der Waals surface area contributed by atoms with Crippen molar-refractivity contribution in [3.63, 3.8) is 0 Å². The van der Waals surface area contributed by atoms with Gasteiger partial charge in [-0.25, -0.2) is 9.97 Å². The zero-order valence-electron chi connectivity index (χ0n) is 14.4. The number of rotatable bonds is 5. The van der Waals surface area contributed by atoms with Gasteiger partial charge in [0.25, 0.3) is 5.91 Å². The minimum atomic E-state index is -0.223. The molecule has 0 saturated carbocycles. The number of aryl methyl sites for hydroxylation is 1. The molecule has 0 aliphatic rings. The molecule has 0 spiro atoms. The van der Waals surface area contributed by atoms with Gasteiger partial charge in [0.15, 0.2) is 0 Å². The van der Waals surface area contributed by atoms with Gasteiger partial charge in [0.1, 0.15) is 21.3 Å². The fraction of sp³-hybridized carbons (Fsp3) is 0.0500. The summed E-state index contributed by atoms with van der Waals surface area (Å²) in [4.78, 5) is 23.2. The first-order valence-electron chi connectivity index (χ1n) is 8.21. The van der Waals surface area contributed by atoms with Crippen molar-refractivity contribution < 1.29 is 9.53 Å². The van der Waals surface area contributed by atoms with Gasteiger partial charge in [0.05, 0.1) is 10.6 Å². The van der Waals surface area contributed by atoms with E-state index < -0.39 is 0 Å². The smallest absolute Gasteiger partial charge is 0.267 e. The van der Waals surface area contributed by atoms with E-state index >= 15 is 0 Å². The van der Waals surface area contributed by atoms with Crippen LogP contribution in [-0.2, 0) is 0 Å². The molecule has 0 atom stereocenters. The summed E-state index contributed by atoms with van der Waals surface area (Å²) >= 11 is 2.98. The highest BCUT2D eigenvalue weighted by Crippen LogP contribution is 2.32. The second-order valence-electron chi connectivity index (χ2n) is 5.64. The Balaban J connectivity index is 1.57. The third-order valence-corrected chi connectivity index (χ3v) is 5.91. The number of amides is 1. The summed E-state index contributed by atoms with van der Waals surface area (Å²) in [6, 6.07) is 16.8. The van der Waals surface area contributed by atoms with Crippen LogP contribution in [-0.4, -0.2) is 15.9 Å². The Morgan fingerprint density at radius 3 is 2.70 bits per heavy atom. The summed E-state index contributed by atoms with van der Waals surface area (Å²) in [6.45, 7) is 1.84. The third kappa shape index (κ3) is 3.89. The van der Waals surface area contributed by atoms with Gasteiger partial charge in [-0.3, -0.25) is 4.79 Å². The van der Waals surface area contributed by atoms with Gasteiger partial charge in [0.2, 0.25) is 5.88 Å². The lowest BCUT2D eigenvalue weighted by Crippen LogP contribution is -2.12. The number of hydrogen-bond acceptors (Lipinski definition) is 6. The quantitative estimate of drug-likeness (QED) is 0.478. The fourth-order valence-corrected chi connectivity index (χ4v) is 4.22. The van der Waals surface area contributed by atoms with E-state index in [1.165, 1.54) is 11.3 Å². The van der Waals surface area contributed by atoms with Gasteiger partial charge in [-0.1, -0.05) is 24.3 Å². The summed E-state index contributed by atoms with van der Waals surface area (Å²) in [5.74, 6) is 0.775. The summed E-state index contributed by atoms with van der Waals surface area (Å²) in [7, 11) is 0. The third-order valence-electron chi connectivity index (χ3n) is 3.71. The first-order valence-corrected chi connectivity index (χ1v) is 9.91. The van der Waals surface area contributed by atoms with Crippen LogP contribution in [0.5, 0.6) is 11.6 Å². The molecule has 1 amide bonds. The SMILES string of the molecule is Cc1nc(-c2cccs2)sc1C(=O)Nc1cccnc1Oc1ccccc1. The van der Waals surface area contributed by atoms with Crippen molar-refractivity contribution >= 4 is 34.3 Å². The van der Waals surface area contributed by atoms with Crippen molar-refractivity contribution in [1.29, 1.82) is 0 Å². The molecule has 0 saturated heterocycles. The van der Waals surface area contributed by atoms with Crippen molar-refractivity contribution in [3.05, 3.63) is 76.7 Å². The van der Waals surface area contributed by atoms with Crippen LogP contribution in [0.15, 0.2) is 66.2 Å². The number of nitrogens with zero attached hydrogens (tertiary/aromatic N) is 2. The number of anilines is 1. The first-order chi connectivity index (χ1) is 13.2. The molecule has 5 nitrogen and oxygen atoms in total. The average molecular weight is 393 g/mol. The molecule has 3 aromatic heterocycles. The molecule has 7 heteroatoms. The van der Waals surface area contributed by atoms with Crippen LogP contribution in [0, 0.1) is 6.92 Å². The van der Waals surface area contributed by atoms with E-state index in [-0.39, 0.29) is 5.91 Å². The van der Waals surface area contributed by atoms with Gasteiger partial charge < -0.3 is 10.1 Å². The number of aromatic nitrogens is 2. The molecule has 1 N–H and O–H groups in total. The van der Waals surface area contributed by atoms with Crippen LogP contribution < -0.4 is 10.1 Å². The van der Waals surface area contributed by atoms with Crippen LogP contribution in [0.25, 0.3) is 9.88 Å². The van der Waals surface area contributed by atoms with Crippen LogP contribution in [0.2, 0.25) is 0 Å². The number of pyridine rings is 1. The van der Waals surface area contributed by atoms with Gasteiger partial charge in [-0.2, -0.15) is 0 Å². The number of carbonyl (C=O) groups is 1. The monoisotopic (exact) mass is 393 g/mol. The van der Waals surface area contributed by atoms with Crippen molar-refractivity contribution in [2.24, 2.45) is 0 Å². The predicted octanol–water partition coefficient (Wildman–Crippen LogP) is 5.62. The number of carbonyl (C=O) groups excluding carboxylic acids is 1. The highest BCUT2D eigenvalue weighted by Gasteiger charge is 2.18. The van der Waals surface area contributed by atoms with Crippen molar-refractivity contribution in [2.45, 2.75) is 6.92 Å². The van der Waals surface area contributed by atoms with Crippen LogP contribution in [0.4, 0.5) is 5.69 Å². The van der Waals surface area contributed by atoms with Crippen LogP contribution in [0.1, 0.15) is 15.4 Å². The number of thiophene rings is 1. The molecule has 0 unspecified atom stereocenters. The maximum absolute atomic E-state index is 12.8. The summed E-state index contributed by atoms with van der Waals surface area (Å²) in [5, 5.41) is 5.74. The van der Waals surface area contributed by atoms with Gasteiger partial charge >= 0.3 is 0 Å². The Bertz CT molecular complexity index is 1060. The molecule has 0 fully saturated rings. The topological polar surface area (TPSA) is 64.1 Å². The number of hydrogen-bond donors (Lipinski definition) is 1. The Morgan fingerprint density at radius 1 is 1.07 bits per heavy atom. The van der Waals surface area contributed by atoms with Crippen molar-refractivity contribution in [3.8, 4) is 21.5 Å². The van der Waals surface area contributed by atoms with E-state index in [4.69, 9.17) is 4.74 Å². The standard InChI is InChI=1S/C20H15N3O2S2/c1-13-17(27-20(22-13)16-10-6-12-26-16)18(24)23-15-9-5-11-21-19(15)25-14-7-3-2-4-8-14/h2-12H,1H3,(H,23,24). The molecule has 4 rings (SSSR count). The molecule has 3 heterocycles. The highest BCUT2D eigenvalue weighted by molar-refractivity contribution is 7.22. The maximum Gasteiger partial charge on any atom is 0.267 e. The van der Waals surface area contributed by atoms with E-state index in [1.54, 1.807) is 29.7 Å². The minimum absolute atomic E-state index is 0.223. The number of para-hydroxylation sites is 1. The van der Waals surface area contributed by atoms with Crippen molar-refractivity contribution in [2.75, 3.05) is 5.32 Å². The molecule has 0 aliphatic heterocycles. The molecule has 0 radical (unpaired) electrons. The number of ether oxygens (including phenoxy) is 1. The highest BCUT2D eigenvalue weighted by atomic mass is 32.1. The van der Waals surface area contributed by atoms with Crippen LogP contribution >= 0.6 is 22.7 Å².